The molecule has 0 saturated heterocycles. The molecule has 0 fully saturated rings. The van der Waals surface area contributed by atoms with Crippen molar-refractivity contribution in [2.75, 3.05) is 18.9 Å². The first-order valence-corrected chi connectivity index (χ1v) is 5.45. The first kappa shape index (κ1) is 14.5. The van der Waals surface area contributed by atoms with Crippen LogP contribution in [0.4, 0.5) is 5.82 Å². The summed E-state index contributed by atoms with van der Waals surface area (Å²) < 4.78 is 1.68. The lowest BCUT2D eigenvalue weighted by Crippen LogP contribution is -2.19. The largest absolute Gasteiger partial charge is 0.319 e. The van der Waals surface area contributed by atoms with E-state index in [0.717, 1.165) is 16.7 Å². The second-order valence-corrected chi connectivity index (χ2v) is 3.91. The van der Waals surface area contributed by atoms with Gasteiger partial charge >= 0.3 is 0 Å². The van der Waals surface area contributed by atoms with Crippen LogP contribution >= 0.6 is 12.4 Å². The van der Waals surface area contributed by atoms with Crippen LogP contribution in [0.5, 0.6) is 0 Å². The van der Waals surface area contributed by atoms with E-state index in [1.54, 1.807) is 4.68 Å². The molecule has 8 heteroatoms. The predicted octanol–water partition coefficient (Wildman–Crippen LogP) is 0.575. The van der Waals surface area contributed by atoms with E-state index >= 15 is 0 Å². The van der Waals surface area contributed by atoms with E-state index in [-0.39, 0.29) is 18.3 Å². The highest BCUT2D eigenvalue weighted by molar-refractivity contribution is 5.99. The number of halogens is 1. The second kappa shape index (κ2) is 5.83. The van der Waals surface area contributed by atoms with Crippen molar-refractivity contribution >= 4 is 35.2 Å². The Labute approximate surface area is 111 Å². The summed E-state index contributed by atoms with van der Waals surface area (Å²) in [7, 11) is 3.63. The summed E-state index contributed by atoms with van der Waals surface area (Å²) in [5.74, 6) is 0.569. The van der Waals surface area contributed by atoms with Crippen molar-refractivity contribution in [1.82, 2.24) is 25.3 Å². The molecule has 0 bridgehead atoms. The maximum atomic E-state index is 11.6. The van der Waals surface area contributed by atoms with Gasteiger partial charge in [-0.1, -0.05) is 0 Å². The number of rotatable bonds is 4. The number of nitrogens with one attached hydrogen (secondary N) is 3. The predicted molar refractivity (Wildman–Crippen MR) is 72.0 cm³/mol. The summed E-state index contributed by atoms with van der Waals surface area (Å²) in [6.45, 7) is 2.54. The van der Waals surface area contributed by atoms with Crippen LogP contribution in [0, 0.1) is 6.92 Å². The standard InChI is InChI=1S/C10H16N6O.ClH/c1-6-8-9(12-7(17)4-5-11-2)13-14-10(8)16(3)15-6;/h11H,4-5H2,1-3H3,(H2,12,13,14,17);1H. The number of anilines is 1. The van der Waals surface area contributed by atoms with Crippen LogP contribution < -0.4 is 10.6 Å². The van der Waals surface area contributed by atoms with E-state index in [9.17, 15) is 4.79 Å². The van der Waals surface area contributed by atoms with Gasteiger partial charge in [-0.2, -0.15) is 10.2 Å². The molecule has 0 unspecified atom stereocenters. The molecule has 100 valence electrons. The van der Waals surface area contributed by atoms with Crippen LogP contribution in [0.15, 0.2) is 0 Å². The van der Waals surface area contributed by atoms with Gasteiger partial charge in [0.25, 0.3) is 0 Å². The summed E-state index contributed by atoms with van der Waals surface area (Å²) in [6, 6.07) is 0. The fraction of sp³-hybridized carbons (Fsp3) is 0.500. The number of aromatic amines is 1. The monoisotopic (exact) mass is 272 g/mol. The highest BCUT2D eigenvalue weighted by Crippen LogP contribution is 2.23. The Kier molecular flexibility index (Phi) is 4.69. The lowest BCUT2D eigenvalue weighted by Gasteiger charge is -2.02. The molecule has 7 nitrogen and oxygen atoms in total. The Balaban J connectivity index is 0.00000162. The normalized spacial score (nSPS) is 10.4. The number of nitrogens with zero attached hydrogens (tertiary/aromatic N) is 3. The molecule has 0 radical (unpaired) electrons. The molecule has 0 aliphatic heterocycles. The van der Waals surface area contributed by atoms with Gasteiger partial charge in [0, 0.05) is 20.0 Å². The number of hydrogen-bond donors (Lipinski definition) is 3. The van der Waals surface area contributed by atoms with E-state index in [4.69, 9.17) is 0 Å². The van der Waals surface area contributed by atoms with Crippen molar-refractivity contribution < 1.29 is 4.79 Å². The number of aromatic nitrogens is 4. The Hall–Kier alpha value is -1.60. The zero-order chi connectivity index (χ0) is 12.4. The van der Waals surface area contributed by atoms with Crippen molar-refractivity contribution in [2.45, 2.75) is 13.3 Å². The molecule has 0 aliphatic rings. The topological polar surface area (TPSA) is 87.6 Å². The fourth-order valence-corrected chi connectivity index (χ4v) is 1.76. The van der Waals surface area contributed by atoms with Crippen molar-refractivity contribution in [1.29, 1.82) is 0 Å². The molecular weight excluding hydrogens is 256 g/mol. The molecule has 18 heavy (non-hydrogen) atoms. The van der Waals surface area contributed by atoms with Crippen LogP contribution in [0.1, 0.15) is 12.1 Å². The zero-order valence-corrected chi connectivity index (χ0v) is 11.4. The average molecular weight is 273 g/mol. The Bertz CT molecular complexity index is 546. The van der Waals surface area contributed by atoms with Crippen molar-refractivity contribution in [2.24, 2.45) is 7.05 Å². The van der Waals surface area contributed by atoms with E-state index in [1.807, 2.05) is 21.0 Å². The summed E-state index contributed by atoms with van der Waals surface area (Å²) >= 11 is 0. The molecule has 0 atom stereocenters. The third-order valence-corrected chi connectivity index (χ3v) is 2.58. The number of H-pyrrole nitrogens is 1. The van der Waals surface area contributed by atoms with Gasteiger partial charge < -0.3 is 10.6 Å². The smallest absolute Gasteiger partial charge is 0.226 e. The van der Waals surface area contributed by atoms with E-state index in [2.05, 4.69) is 25.9 Å². The quantitative estimate of drug-likeness (QED) is 0.760. The van der Waals surface area contributed by atoms with Gasteiger partial charge in [0.15, 0.2) is 5.65 Å². The van der Waals surface area contributed by atoms with Crippen LogP contribution in [-0.2, 0) is 11.8 Å². The molecule has 0 spiro atoms. The molecule has 0 saturated carbocycles. The highest BCUT2D eigenvalue weighted by Gasteiger charge is 2.14. The number of carbonyl (C=O) groups excluding carboxylic acids is 1. The Morgan fingerprint density at radius 2 is 2.22 bits per heavy atom. The third kappa shape index (κ3) is 2.62. The van der Waals surface area contributed by atoms with Gasteiger partial charge in [-0.05, 0) is 14.0 Å². The first-order valence-electron chi connectivity index (χ1n) is 5.45. The van der Waals surface area contributed by atoms with E-state index < -0.39 is 0 Å². The van der Waals surface area contributed by atoms with Crippen LogP contribution in [0.2, 0.25) is 0 Å². The minimum atomic E-state index is -0.0480. The van der Waals surface area contributed by atoms with Crippen LogP contribution in [0.3, 0.4) is 0 Å². The summed E-state index contributed by atoms with van der Waals surface area (Å²) in [5.41, 5.74) is 1.59. The van der Waals surface area contributed by atoms with E-state index in [0.29, 0.717) is 18.8 Å². The summed E-state index contributed by atoms with van der Waals surface area (Å²) in [4.78, 5) is 11.6. The molecule has 2 rings (SSSR count). The van der Waals surface area contributed by atoms with Crippen molar-refractivity contribution in [3.8, 4) is 0 Å². The summed E-state index contributed by atoms with van der Waals surface area (Å²) in [6.07, 6.45) is 0.427. The van der Waals surface area contributed by atoms with Gasteiger partial charge in [-0.3, -0.25) is 9.89 Å². The molecular formula is C10H17ClN6O. The van der Waals surface area contributed by atoms with Crippen LogP contribution in [-0.4, -0.2) is 39.5 Å². The van der Waals surface area contributed by atoms with Gasteiger partial charge in [0.1, 0.15) is 5.82 Å². The fourth-order valence-electron chi connectivity index (χ4n) is 1.76. The van der Waals surface area contributed by atoms with Gasteiger partial charge in [0.05, 0.1) is 11.1 Å². The Morgan fingerprint density at radius 3 is 2.89 bits per heavy atom. The van der Waals surface area contributed by atoms with Crippen molar-refractivity contribution in [3.63, 3.8) is 0 Å². The van der Waals surface area contributed by atoms with Crippen LogP contribution in [0.25, 0.3) is 11.0 Å². The molecule has 2 aromatic heterocycles. The zero-order valence-electron chi connectivity index (χ0n) is 10.6. The molecule has 0 aliphatic carbocycles. The SMILES string of the molecule is CNCCC(=O)Nc1[nH]nc2c1c(C)nn2C.Cl. The second-order valence-electron chi connectivity index (χ2n) is 3.91. The molecule has 0 aromatic carbocycles. The molecule has 3 N–H and O–H groups in total. The molecule has 2 aromatic rings. The first-order chi connectivity index (χ1) is 8.13. The number of hydrogen-bond acceptors (Lipinski definition) is 4. The Morgan fingerprint density at radius 1 is 1.50 bits per heavy atom. The minimum Gasteiger partial charge on any atom is -0.319 e. The lowest BCUT2D eigenvalue weighted by atomic mass is 10.3. The number of aryl methyl sites for hydroxylation is 2. The van der Waals surface area contributed by atoms with E-state index in [1.165, 1.54) is 0 Å². The number of carbonyl (C=O) groups is 1. The van der Waals surface area contributed by atoms with Gasteiger partial charge in [-0.25, -0.2) is 4.68 Å². The molecule has 1 amide bonds. The number of amides is 1. The average Bonchev–Trinajstić information content (AvgIpc) is 2.80. The highest BCUT2D eigenvalue weighted by atomic mass is 35.5. The third-order valence-electron chi connectivity index (χ3n) is 2.58. The number of fused-ring (bicyclic) bond motifs is 1. The van der Waals surface area contributed by atoms with Gasteiger partial charge in [0.2, 0.25) is 5.91 Å². The van der Waals surface area contributed by atoms with Gasteiger partial charge in [-0.15, -0.1) is 12.4 Å². The van der Waals surface area contributed by atoms with Crippen molar-refractivity contribution in [3.05, 3.63) is 5.69 Å². The minimum absolute atomic E-state index is 0. The molecule has 2 heterocycles. The lowest BCUT2D eigenvalue weighted by molar-refractivity contribution is -0.116. The maximum Gasteiger partial charge on any atom is 0.226 e. The summed E-state index contributed by atoms with van der Waals surface area (Å²) in [5, 5.41) is 17.8. The maximum absolute atomic E-state index is 11.6.